The molecule has 0 bridgehead atoms. The second-order valence-electron chi connectivity index (χ2n) is 2.54. The lowest BCUT2D eigenvalue weighted by Gasteiger charge is -1.98. The van der Waals surface area contributed by atoms with Gasteiger partial charge in [0.1, 0.15) is 6.10 Å². The maximum atomic E-state index is 10.5. The van der Waals surface area contributed by atoms with Gasteiger partial charge in [0.25, 0.3) is 0 Å². The van der Waals surface area contributed by atoms with Gasteiger partial charge in [0.05, 0.1) is 6.54 Å². The molecule has 0 aromatic heterocycles. The number of ether oxygens (including phenoxy) is 1. The van der Waals surface area contributed by atoms with Crippen LogP contribution >= 0.6 is 0 Å². The fraction of sp³-hybridized carbons (Fsp3) is 0.625. The van der Waals surface area contributed by atoms with Crippen LogP contribution in [0.2, 0.25) is 0 Å². The van der Waals surface area contributed by atoms with Gasteiger partial charge < -0.3 is 10.1 Å². The van der Waals surface area contributed by atoms with Gasteiger partial charge in [-0.2, -0.15) is 0 Å². The van der Waals surface area contributed by atoms with Crippen molar-refractivity contribution in [2.75, 3.05) is 6.54 Å². The fourth-order valence-electron chi connectivity index (χ4n) is 0.927. The van der Waals surface area contributed by atoms with Gasteiger partial charge >= 0.3 is 6.09 Å². The molecule has 62 valence electrons. The maximum Gasteiger partial charge on any atom is 0.407 e. The van der Waals surface area contributed by atoms with Gasteiger partial charge in [0.2, 0.25) is 0 Å². The number of alkyl carbamates (subject to hydrolysis) is 1. The lowest BCUT2D eigenvalue weighted by molar-refractivity contribution is 0.158. The first kappa shape index (κ1) is 8.11. The number of allylic oxidation sites excluding steroid dienone is 1. The Bertz CT molecular complexity index is 165. The van der Waals surface area contributed by atoms with Crippen LogP contribution in [-0.2, 0) is 4.74 Å². The van der Waals surface area contributed by atoms with Crippen molar-refractivity contribution in [1.82, 2.24) is 5.32 Å². The standard InChI is InChI=1S/C8H13NO2/c1-2-3-4-5-7-6-9-8(10)11-7/h4-5,7H,2-3,6H2,1H3,(H,9,10)/b5-4+. The van der Waals surface area contributed by atoms with E-state index in [-0.39, 0.29) is 12.2 Å². The molecule has 0 aliphatic carbocycles. The third-order valence-electron chi connectivity index (χ3n) is 1.51. The smallest absolute Gasteiger partial charge is 0.407 e. The highest BCUT2D eigenvalue weighted by molar-refractivity contribution is 5.69. The van der Waals surface area contributed by atoms with Crippen molar-refractivity contribution in [3.63, 3.8) is 0 Å². The summed E-state index contributed by atoms with van der Waals surface area (Å²) < 4.78 is 4.87. The molecule has 1 atom stereocenters. The van der Waals surface area contributed by atoms with Crippen LogP contribution in [0.15, 0.2) is 12.2 Å². The van der Waals surface area contributed by atoms with Crippen LogP contribution < -0.4 is 5.32 Å². The van der Waals surface area contributed by atoms with Crippen molar-refractivity contribution in [3.8, 4) is 0 Å². The number of nitrogens with one attached hydrogen (secondary N) is 1. The van der Waals surface area contributed by atoms with Crippen LogP contribution in [0.5, 0.6) is 0 Å². The van der Waals surface area contributed by atoms with Gasteiger partial charge in [-0.3, -0.25) is 0 Å². The largest absolute Gasteiger partial charge is 0.440 e. The molecule has 0 saturated carbocycles. The van der Waals surface area contributed by atoms with Gasteiger partial charge in [0.15, 0.2) is 0 Å². The average Bonchev–Trinajstić information content (AvgIpc) is 2.37. The molecule has 0 spiro atoms. The van der Waals surface area contributed by atoms with Crippen molar-refractivity contribution in [2.24, 2.45) is 0 Å². The molecule has 1 fully saturated rings. The van der Waals surface area contributed by atoms with Crippen LogP contribution in [0.3, 0.4) is 0 Å². The number of hydrogen-bond donors (Lipinski definition) is 1. The first-order valence-corrected chi connectivity index (χ1v) is 3.94. The van der Waals surface area contributed by atoms with Crippen molar-refractivity contribution in [3.05, 3.63) is 12.2 Å². The summed E-state index contributed by atoms with van der Waals surface area (Å²) in [5.41, 5.74) is 0. The predicted molar refractivity (Wildman–Crippen MR) is 42.3 cm³/mol. The van der Waals surface area contributed by atoms with Gasteiger partial charge in [-0.05, 0) is 12.5 Å². The maximum absolute atomic E-state index is 10.5. The third-order valence-corrected chi connectivity index (χ3v) is 1.51. The molecular formula is C8H13NO2. The normalized spacial score (nSPS) is 23.7. The number of cyclic esters (lactones) is 1. The SMILES string of the molecule is CCC/C=C/C1CNC(=O)O1. The van der Waals surface area contributed by atoms with E-state index in [0.717, 1.165) is 12.8 Å². The van der Waals surface area contributed by atoms with E-state index in [9.17, 15) is 4.79 Å². The molecule has 1 unspecified atom stereocenters. The van der Waals surface area contributed by atoms with E-state index in [0.29, 0.717) is 6.54 Å². The summed E-state index contributed by atoms with van der Waals surface area (Å²) >= 11 is 0. The Labute approximate surface area is 66.4 Å². The predicted octanol–water partition coefficient (Wildman–Crippen LogP) is 1.45. The zero-order valence-corrected chi connectivity index (χ0v) is 6.67. The Hall–Kier alpha value is -0.990. The Morgan fingerprint density at radius 1 is 1.82 bits per heavy atom. The average molecular weight is 155 g/mol. The van der Waals surface area contributed by atoms with Crippen molar-refractivity contribution >= 4 is 6.09 Å². The van der Waals surface area contributed by atoms with Crippen LogP contribution in [0.25, 0.3) is 0 Å². The van der Waals surface area contributed by atoms with Gasteiger partial charge in [-0.25, -0.2) is 4.79 Å². The van der Waals surface area contributed by atoms with Crippen LogP contribution in [0.1, 0.15) is 19.8 Å². The van der Waals surface area contributed by atoms with E-state index < -0.39 is 0 Å². The number of rotatable bonds is 3. The molecule has 0 aromatic carbocycles. The molecule has 1 amide bonds. The molecular weight excluding hydrogens is 142 g/mol. The zero-order chi connectivity index (χ0) is 8.10. The second kappa shape index (κ2) is 4.01. The number of carbonyl (C=O) groups excluding carboxylic acids is 1. The van der Waals surface area contributed by atoms with Crippen molar-refractivity contribution in [2.45, 2.75) is 25.9 Å². The summed E-state index contributed by atoms with van der Waals surface area (Å²) in [6, 6.07) is 0. The molecule has 1 N–H and O–H groups in total. The second-order valence-corrected chi connectivity index (χ2v) is 2.54. The van der Waals surface area contributed by atoms with E-state index in [1.54, 1.807) is 0 Å². The molecule has 1 heterocycles. The molecule has 1 aliphatic heterocycles. The van der Waals surface area contributed by atoms with E-state index in [2.05, 4.69) is 12.2 Å². The van der Waals surface area contributed by atoms with Crippen molar-refractivity contribution < 1.29 is 9.53 Å². The van der Waals surface area contributed by atoms with Crippen LogP contribution in [-0.4, -0.2) is 18.7 Å². The summed E-state index contributed by atoms with van der Waals surface area (Å²) in [6.07, 6.45) is 5.80. The number of amides is 1. The summed E-state index contributed by atoms with van der Waals surface area (Å²) in [5.74, 6) is 0. The Morgan fingerprint density at radius 3 is 3.18 bits per heavy atom. The number of unbranched alkanes of at least 4 members (excludes halogenated alkanes) is 1. The molecule has 3 heteroatoms. The minimum atomic E-state index is -0.309. The van der Waals surface area contributed by atoms with E-state index >= 15 is 0 Å². The lowest BCUT2D eigenvalue weighted by Crippen LogP contribution is -2.13. The summed E-state index contributed by atoms with van der Waals surface area (Å²) in [6.45, 7) is 2.72. The molecule has 1 rings (SSSR count). The van der Waals surface area contributed by atoms with Gasteiger partial charge in [-0.1, -0.05) is 19.4 Å². The minimum Gasteiger partial charge on any atom is -0.440 e. The monoisotopic (exact) mass is 155 g/mol. The molecule has 3 nitrogen and oxygen atoms in total. The fourth-order valence-corrected chi connectivity index (χ4v) is 0.927. The van der Waals surface area contributed by atoms with Gasteiger partial charge in [-0.15, -0.1) is 0 Å². The molecule has 0 aromatic rings. The summed E-state index contributed by atoms with van der Waals surface area (Å²) in [7, 11) is 0. The number of carbonyl (C=O) groups is 1. The molecule has 11 heavy (non-hydrogen) atoms. The van der Waals surface area contributed by atoms with Crippen LogP contribution in [0, 0.1) is 0 Å². The van der Waals surface area contributed by atoms with E-state index in [1.165, 1.54) is 0 Å². The highest BCUT2D eigenvalue weighted by atomic mass is 16.6. The molecule has 1 aliphatic rings. The lowest BCUT2D eigenvalue weighted by atomic mass is 10.2. The molecule has 0 radical (unpaired) electrons. The third kappa shape index (κ3) is 2.62. The molecule has 1 saturated heterocycles. The highest BCUT2D eigenvalue weighted by Crippen LogP contribution is 2.02. The topological polar surface area (TPSA) is 38.3 Å². The highest BCUT2D eigenvalue weighted by Gasteiger charge is 2.18. The Kier molecular flexibility index (Phi) is 2.95. The zero-order valence-electron chi connectivity index (χ0n) is 6.67. The Balaban J connectivity index is 2.22. The van der Waals surface area contributed by atoms with Crippen LogP contribution in [0.4, 0.5) is 4.79 Å². The first-order chi connectivity index (χ1) is 5.33. The summed E-state index contributed by atoms with van der Waals surface area (Å²) in [4.78, 5) is 10.5. The van der Waals surface area contributed by atoms with Crippen molar-refractivity contribution in [1.29, 1.82) is 0 Å². The van der Waals surface area contributed by atoms with E-state index in [1.807, 2.05) is 12.2 Å². The minimum absolute atomic E-state index is 0.0472. The summed E-state index contributed by atoms with van der Waals surface area (Å²) in [5, 5.41) is 2.58. The number of hydrogen-bond acceptors (Lipinski definition) is 2. The first-order valence-electron chi connectivity index (χ1n) is 3.94. The Morgan fingerprint density at radius 2 is 2.64 bits per heavy atom. The quantitative estimate of drug-likeness (QED) is 0.626. The van der Waals surface area contributed by atoms with Gasteiger partial charge in [0, 0.05) is 0 Å². The van der Waals surface area contributed by atoms with E-state index in [4.69, 9.17) is 4.74 Å².